The van der Waals surface area contributed by atoms with Crippen LogP contribution in [0.25, 0.3) is 0 Å². The van der Waals surface area contributed by atoms with E-state index in [2.05, 4.69) is 0 Å². The number of hydrogen-bond acceptors (Lipinski definition) is 7. The van der Waals surface area contributed by atoms with Crippen LogP contribution in [0.3, 0.4) is 0 Å². The summed E-state index contributed by atoms with van der Waals surface area (Å²) in [5.74, 6) is 1.01. The maximum absolute atomic E-state index is 13.2. The predicted molar refractivity (Wildman–Crippen MR) is 126 cm³/mol. The molecule has 1 heterocycles. The molecule has 0 atom stereocenters. The summed E-state index contributed by atoms with van der Waals surface area (Å²) < 4.78 is 41.1. The van der Waals surface area contributed by atoms with Crippen molar-refractivity contribution in [3.63, 3.8) is 0 Å². The van der Waals surface area contributed by atoms with Crippen molar-refractivity contribution in [3.8, 4) is 11.5 Å². The fourth-order valence-corrected chi connectivity index (χ4v) is 4.81. The monoisotopic (exact) mass is 484 g/mol. The van der Waals surface area contributed by atoms with E-state index in [1.165, 1.54) is 7.11 Å². The van der Waals surface area contributed by atoms with Crippen LogP contribution in [0.15, 0.2) is 29.6 Å². The van der Waals surface area contributed by atoms with Crippen LogP contribution in [-0.2, 0) is 32.5 Å². The minimum absolute atomic E-state index is 0.128. The normalized spacial score (nSPS) is 11.6. The van der Waals surface area contributed by atoms with E-state index in [4.69, 9.17) is 14.2 Å². The molecule has 0 aliphatic carbocycles. The van der Waals surface area contributed by atoms with Crippen LogP contribution < -0.4 is 9.47 Å². The van der Waals surface area contributed by atoms with Gasteiger partial charge in [-0.05, 0) is 48.1 Å². The summed E-state index contributed by atoms with van der Waals surface area (Å²) in [7, 11) is 1.12. The van der Waals surface area contributed by atoms with Crippen LogP contribution in [0.1, 0.15) is 16.0 Å². The Morgan fingerprint density at radius 3 is 2.34 bits per heavy atom. The lowest BCUT2D eigenvalue weighted by Gasteiger charge is -2.26. The number of hydrogen-bond donors (Lipinski definition) is 0. The van der Waals surface area contributed by atoms with Crippen LogP contribution in [0, 0.1) is 6.92 Å². The van der Waals surface area contributed by atoms with E-state index >= 15 is 0 Å². The van der Waals surface area contributed by atoms with E-state index in [0.717, 1.165) is 26.6 Å². The van der Waals surface area contributed by atoms with Crippen LogP contribution in [0.4, 0.5) is 0 Å². The third kappa shape index (κ3) is 7.47. The molecule has 1 aromatic heterocycles. The van der Waals surface area contributed by atoms with Gasteiger partial charge in [-0.1, -0.05) is 6.07 Å². The summed E-state index contributed by atoms with van der Waals surface area (Å²) in [5.41, 5.74) is 2.10. The minimum Gasteiger partial charge on any atom is -0.493 e. The highest BCUT2D eigenvalue weighted by atomic mass is 32.2. The van der Waals surface area contributed by atoms with Gasteiger partial charge in [-0.2, -0.15) is 4.31 Å². The maximum Gasteiger partial charge on any atom is 0.238 e. The van der Waals surface area contributed by atoms with Gasteiger partial charge in [-0.3, -0.25) is 4.79 Å². The first-order valence-corrected chi connectivity index (χ1v) is 12.9. The molecule has 0 spiro atoms. The largest absolute Gasteiger partial charge is 0.493 e. The second-order valence-corrected chi connectivity index (χ2v) is 10.4. The zero-order valence-electron chi connectivity index (χ0n) is 19.3. The van der Waals surface area contributed by atoms with Gasteiger partial charge in [0.1, 0.15) is 0 Å². The van der Waals surface area contributed by atoms with Crippen molar-refractivity contribution in [2.24, 2.45) is 0 Å². The summed E-state index contributed by atoms with van der Waals surface area (Å²) in [5, 5.41) is 1.99. The van der Waals surface area contributed by atoms with Gasteiger partial charge in [-0.25, -0.2) is 8.42 Å². The smallest absolute Gasteiger partial charge is 0.238 e. The summed E-state index contributed by atoms with van der Waals surface area (Å²) in [4.78, 5) is 16.0. The Kier molecular flexibility index (Phi) is 9.95. The number of rotatable bonds is 13. The molecule has 178 valence electrons. The first-order valence-electron chi connectivity index (χ1n) is 10.1. The van der Waals surface area contributed by atoms with Gasteiger partial charge in [0, 0.05) is 25.1 Å². The Bertz CT molecular complexity index is 990. The van der Waals surface area contributed by atoms with Crippen molar-refractivity contribution < 1.29 is 27.4 Å². The minimum atomic E-state index is -3.54. The molecule has 8 nitrogen and oxygen atoms in total. The number of carbonyl (C=O) groups is 1. The summed E-state index contributed by atoms with van der Waals surface area (Å²) in [6.07, 6.45) is 1.70. The molecule has 32 heavy (non-hydrogen) atoms. The topological polar surface area (TPSA) is 85.4 Å². The molecule has 2 aromatic rings. The number of benzene rings is 1. The highest BCUT2D eigenvalue weighted by Gasteiger charge is 2.24. The van der Waals surface area contributed by atoms with Crippen LogP contribution in [-0.4, -0.2) is 77.4 Å². The van der Waals surface area contributed by atoms with E-state index in [1.54, 1.807) is 30.5 Å². The number of sulfonamides is 1. The highest BCUT2D eigenvalue weighted by molar-refractivity contribution is 7.88. The molecule has 0 fully saturated rings. The third-order valence-electron chi connectivity index (χ3n) is 5.10. The average Bonchev–Trinajstić information content (AvgIpc) is 3.17. The summed E-state index contributed by atoms with van der Waals surface area (Å²) >= 11 is 1.58. The van der Waals surface area contributed by atoms with Gasteiger partial charge >= 0.3 is 0 Å². The van der Waals surface area contributed by atoms with Crippen molar-refractivity contribution >= 4 is 27.3 Å². The number of ether oxygens (including phenoxy) is 3. The van der Waals surface area contributed by atoms with Crippen LogP contribution in [0.5, 0.6) is 11.5 Å². The van der Waals surface area contributed by atoms with Crippen molar-refractivity contribution in [2.45, 2.75) is 19.9 Å². The van der Waals surface area contributed by atoms with E-state index in [0.29, 0.717) is 31.0 Å². The summed E-state index contributed by atoms with van der Waals surface area (Å²) in [6, 6.07) is 7.67. The van der Waals surface area contributed by atoms with Crippen LogP contribution in [0.2, 0.25) is 0 Å². The molecule has 1 aromatic carbocycles. The molecule has 0 aliphatic heterocycles. The number of methoxy groups -OCH3 is 3. The van der Waals surface area contributed by atoms with Crippen molar-refractivity contribution in [3.05, 3.63) is 45.6 Å². The number of thiophene rings is 1. The molecular formula is C22H32N2O6S2. The standard InChI is InChI=1S/C22H32N2O6S2/c1-17-9-13-31-21(17)15-23(22(25)16-24(11-12-28-2)32(5,26)27)10-8-18-6-7-19(29-3)20(14-18)30-4/h6-7,9,13-14H,8,10-12,15-16H2,1-5H3. The molecule has 0 N–H and O–H groups in total. The lowest BCUT2D eigenvalue weighted by Crippen LogP contribution is -2.44. The zero-order chi connectivity index (χ0) is 23.7. The second-order valence-electron chi connectivity index (χ2n) is 7.37. The lowest BCUT2D eigenvalue weighted by atomic mass is 10.1. The quantitative estimate of drug-likeness (QED) is 0.434. The Hall–Kier alpha value is -2.14. The molecular weight excluding hydrogens is 452 g/mol. The Labute approximate surface area is 194 Å². The number of amides is 1. The van der Waals surface area contributed by atoms with Crippen molar-refractivity contribution in [1.29, 1.82) is 0 Å². The van der Waals surface area contributed by atoms with E-state index in [-0.39, 0.29) is 25.6 Å². The maximum atomic E-state index is 13.2. The van der Waals surface area contributed by atoms with Gasteiger partial charge in [0.05, 0.1) is 40.2 Å². The molecule has 2 rings (SSSR count). The fraction of sp³-hybridized carbons (Fsp3) is 0.500. The summed E-state index contributed by atoms with van der Waals surface area (Å²) in [6.45, 7) is 2.99. The number of nitrogens with zero attached hydrogens (tertiary/aromatic N) is 2. The molecule has 10 heteroatoms. The highest BCUT2D eigenvalue weighted by Crippen LogP contribution is 2.28. The van der Waals surface area contributed by atoms with Crippen molar-refractivity contribution in [2.75, 3.05) is 53.8 Å². The SMILES string of the molecule is COCCN(CC(=O)N(CCc1ccc(OC)c(OC)c1)Cc1sccc1C)S(C)(=O)=O. The molecule has 0 unspecified atom stereocenters. The number of carbonyl (C=O) groups excluding carboxylic acids is 1. The Balaban J connectivity index is 2.20. The molecule has 0 aliphatic rings. The number of aryl methyl sites for hydroxylation is 1. The predicted octanol–water partition coefficient (Wildman–Crippen LogP) is 2.55. The Morgan fingerprint density at radius 2 is 1.78 bits per heavy atom. The first-order chi connectivity index (χ1) is 15.2. The Morgan fingerprint density at radius 1 is 1.06 bits per heavy atom. The lowest BCUT2D eigenvalue weighted by molar-refractivity contribution is -0.132. The van der Waals surface area contributed by atoms with E-state index in [9.17, 15) is 13.2 Å². The molecule has 0 saturated carbocycles. The molecule has 0 saturated heterocycles. The average molecular weight is 485 g/mol. The molecule has 0 radical (unpaired) electrons. The van der Waals surface area contributed by atoms with Crippen molar-refractivity contribution in [1.82, 2.24) is 9.21 Å². The first kappa shape index (κ1) is 26.1. The fourth-order valence-electron chi connectivity index (χ4n) is 3.14. The molecule has 0 bridgehead atoms. The van der Waals surface area contributed by atoms with Gasteiger partial charge in [0.15, 0.2) is 11.5 Å². The zero-order valence-corrected chi connectivity index (χ0v) is 20.9. The molecule has 1 amide bonds. The van der Waals surface area contributed by atoms with Gasteiger partial charge < -0.3 is 19.1 Å². The third-order valence-corrected chi connectivity index (χ3v) is 7.36. The van der Waals surface area contributed by atoms with Crippen LogP contribution >= 0.6 is 11.3 Å². The second kappa shape index (κ2) is 12.2. The van der Waals surface area contributed by atoms with Gasteiger partial charge in [0.2, 0.25) is 15.9 Å². The van der Waals surface area contributed by atoms with E-state index in [1.807, 2.05) is 36.6 Å². The van der Waals surface area contributed by atoms with Gasteiger partial charge in [-0.15, -0.1) is 11.3 Å². The van der Waals surface area contributed by atoms with Gasteiger partial charge in [0.25, 0.3) is 0 Å². The van der Waals surface area contributed by atoms with E-state index < -0.39 is 10.0 Å².